The zero-order chi connectivity index (χ0) is 17.5. The summed E-state index contributed by atoms with van der Waals surface area (Å²) in [6.45, 7) is 4.25. The van der Waals surface area contributed by atoms with E-state index in [1.165, 1.54) is 13.0 Å². The van der Waals surface area contributed by atoms with Crippen molar-refractivity contribution in [3.63, 3.8) is 0 Å². The van der Waals surface area contributed by atoms with E-state index in [1.807, 2.05) is 0 Å². The SMILES string of the molecule is CC(=O)c1ccc(NC(=O)/C(C)=C\C(=O)NCC2CCCO2)cc1. The van der Waals surface area contributed by atoms with Crippen molar-refractivity contribution in [3.05, 3.63) is 41.5 Å². The van der Waals surface area contributed by atoms with Crippen LogP contribution in [0.25, 0.3) is 0 Å². The molecule has 0 bridgehead atoms. The predicted molar refractivity (Wildman–Crippen MR) is 90.8 cm³/mol. The van der Waals surface area contributed by atoms with Crippen LogP contribution in [0.5, 0.6) is 0 Å². The molecule has 0 spiro atoms. The molecule has 1 aliphatic heterocycles. The number of ether oxygens (including phenoxy) is 1. The van der Waals surface area contributed by atoms with Gasteiger partial charge in [0.2, 0.25) is 5.91 Å². The van der Waals surface area contributed by atoms with E-state index in [1.54, 1.807) is 31.2 Å². The molecular formula is C18H22N2O4. The van der Waals surface area contributed by atoms with E-state index in [4.69, 9.17) is 4.74 Å². The zero-order valence-electron chi connectivity index (χ0n) is 13.9. The molecule has 1 aromatic carbocycles. The Kier molecular flexibility index (Phi) is 6.26. The summed E-state index contributed by atoms with van der Waals surface area (Å²) in [5, 5.41) is 5.42. The summed E-state index contributed by atoms with van der Waals surface area (Å²) >= 11 is 0. The second kappa shape index (κ2) is 8.40. The Morgan fingerprint density at radius 3 is 2.50 bits per heavy atom. The second-order valence-corrected chi connectivity index (χ2v) is 5.80. The maximum atomic E-state index is 12.1. The molecule has 0 radical (unpaired) electrons. The molecule has 1 unspecified atom stereocenters. The van der Waals surface area contributed by atoms with Crippen molar-refractivity contribution < 1.29 is 19.1 Å². The van der Waals surface area contributed by atoms with Gasteiger partial charge in [0.25, 0.3) is 5.91 Å². The molecule has 1 aromatic rings. The van der Waals surface area contributed by atoms with E-state index in [9.17, 15) is 14.4 Å². The lowest BCUT2D eigenvalue weighted by molar-refractivity contribution is -0.118. The zero-order valence-corrected chi connectivity index (χ0v) is 13.9. The van der Waals surface area contributed by atoms with Gasteiger partial charge in [0.05, 0.1) is 6.10 Å². The molecule has 1 aliphatic rings. The molecular weight excluding hydrogens is 308 g/mol. The van der Waals surface area contributed by atoms with E-state index in [0.717, 1.165) is 19.4 Å². The molecule has 0 aliphatic carbocycles. The fourth-order valence-corrected chi connectivity index (χ4v) is 2.35. The van der Waals surface area contributed by atoms with Crippen molar-refractivity contribution >= 4 is 23.3 Å². The van der Waals surface area contributed by atoms with Gasteiger partial charge < -0.3 is 15.4 Å². The normalized spacial score (nSPS) is 17.4. The third-order valence-electron chi connectivity index (χ3n) is 3.78. The van der Waals surface area contributed by atoms with Crippen LogP contribution in [0.2, 0.25) is 0 Å². The Hall–Kier alpha value is -2.47. The summed E-state index contributed by atoms with van der Waals surface area (Å²) in [6.07, 6.45) is 3.30. The number of nitrogens with one attached hydrogen (secondary N) is 2. The lowest BCUT2D eigenvalue weighted by Gasteiger charge is -2.10. The van der Waals surface area contributed by atoms with Gasteiger partial charge in [-0.15, -0.1) is 0 Å². The van der Waals surface area contributed by atoms with Crippen molar-refractivity contribution in [2.75, 3.05) is 18.5 Å². The number of carbonyl (C=O) groups is 3. The van der Waals surface area contributed by atoms with Gasteiger partial charge in [-0.25, -0.2) is 0 Å². The maximum Gasteiger partial charge on any atom is 0.251 e. The lowest BCUT2D eigenvalue weighted by atomic mass is 10.1. The highest BCUT2D eigenvalue weighted by atomic mass is 16.5. The first-order valence-corrected chi connectivity index (χ1v) is 7.96. The predicted octanol–water partition coefficient (Wildman–Crippen LogP) is 2.07. The van der Waals surface area contributed by atoms with Crippen LogP contribution in [0.15, 0.2) is 35.9 Å². The molecule has 2 amide bonds. The minimum Gasteiger partial charge on any atom is -0.376 e. The number of benzene rings is 1. The number of hydrogen-bond acceptors (Lipinski definition) is 4. The van der Waals surface area contributed by atoms with E-state index in [-0.39, 0.29) is 23.7 Å². The minimum absolute atomic E-state index is 0.0353. The van der Waals surface area contributed by atoms with E-state index < -0.39 is 0 Å². The maximum absolute atomic E-state index is 12.1. The Labute approximate surface area is 141 Å². The Morgan fingerprint density at radius 1 is 1.21 bits per heavy atom. The highest BCUT2D eigenvalue weighted by molar-refractivity contribution is 6.07. The molecule has 1 atom stereocenters. The second-order valence-electron chi connectivity index (χ2n) is 5.80. The van der Waals surface area contributed by atoms with Gasteiger partial charge in [0.1, 0.15) is 0 Å². The first kappa shape index (κ1) is 17.9. The van der Waals surface area contributed by atoms with Crippen LogP contribution in [0, 0.1) is 0 Å². The van der Waals surface area contributed by atoms with Crippen molar-refractivity contribution in [1.82, 2.24) is 5.32 Å². The number of anilines is 1. The van der Waals surface area contributed by atoms with Crippen molar-refractivity contribution in [2.24, 2.45) is 0 Å². The number of carbonyl (C=O) groups excluding carboxylic acids is 3. The van der Waals surface area contributed by atoms with E-state index >= 15 is 0 Å². The lowest BCUT2D eigenvalue weighted by Crippen LogP contribution is -2.31. The number of rotatable bonds is 6. The van der Waals surface area contributed by atoms with Crippen LogP contribution in [-0.4, -0.2) is 36.9 Å². The van der Waals surface area contributed by atoms with Crippen LogP contribution in [0.1, 0.15) is 37.0 Å². The molecule has 24 heavy (non-hydrogen) atoms. The van der Waals surface area contributed by atoms with Crippen LogP contribution >= 0.6 is 0 Å². The number of Topliss-reactive ketones (excluding diaryl/α,β-unsaturated/α-hetero) is 1. The molecule has 0 saturated carbocycles. The van der Waals surface area contributed by atoms with Gasteiger partial charge in [-0.3, -0.25) is 14.4 Å². The average molecular weight is 330 g/mol. The topological polar surface area (TPSA) is 84.5 Å². The van der Waals surface area contributed by atoms with E-state index in [2.05, 4.69) is 10.6 Å². The average Bonchev–Trinajstić information content (AvgIpc) is 3.06. The molecule has 1 saturated heterocycles. The fraction of sp³-hybridized carbons (Fsp3) is 0.389. The van der Waals surface area contributed by atoms with Gasteiger partial charge in [-0.05, 0) is 51.0 Å². The monoisotopic (exact) mass is 330 g/mol. The summed E-state index contributed by atoms with van der Waals surface area (Å²) < 4.78 is 5.42. The Morgan fingerprint density at radius 2 is 1.92 bits per heavy atom. The number of hydrogen-bond donors (Lipinski definition) is 2. The molecule has 128 valence electrons. The van der Waals surface area contributed by atoms with Crippen LogP contribution < -0.4 is 10.6 Å². The van der Waals surface area contributed by atoms with Crippen LogP contribution in [0.3, 0.4) is 0 Å². The summed E-state index contributed by atoms with van der Waals surface area (Å²) in [6, 6.07) is 6.59. The van der Waals surface area contributed by atoms with Crippen LogP contribution in [0.4, 0.5) is 5.69 Å². The van der Waals surface area contributed by atoms with Crippen LogP contribution in [-0.2, 0) is 14.3 Å². The molecule has 2 rings (SSSR count). The Balaban J connectivity index is 1.85. The standard InChI is InChI=1S/C18H22N2O4/c1-12(10-17(22)19-11-16-4-3-9-24-16)18(23)20-15-7-5-14(6-8-15)13(2)21/h5-8,10,16H,3-4,9,11H2,1-2H3,(H,19,22)(H,20,23)/b12-10-. The van der Waals surface area contributed by atoms with Gasteiger partial charge in [0, 0.05) is 36.1 Å². The van der Waals surface area contributed by atoms with Crippen molar-refractivity contribution in [1.29, 1.82) is 0 Å². The van der Waals surface area contributed by atoms with Crippen molar-refractivity contribution in [2.45, 2.75) is 32.8 Å². The summed E-state index contributed by atoms with van der Waals surface area (Å²) in [5.74, 6) is -0.713. The van der Waals surface area contributed by atoms with Gasteiger partial charge in [-0.2, -0.15) is 0 Å². The van der Waals surface area contributed by atoms with Gasteiger partial charge >= 0.3 is 0 Å². The Bertz CT molecular complexity index is 643. The smallest absolute Gasteiger partial charge is 0.251 e. The summed E-state index contributed by atoms with van der Waals surface area (Å²) in [4.78, 5) is 35.1. The number of ketones is 1. The van der Waals surface area contributed by atoms with Gasteiger partial charge in [-0.1, -0.05) is 0 Å². The highest BCUT2D eigenvalue weighted by Gasteiger charge is 2.16. The van der Waals surface area contributed by atoms with Gasteiger partial charge in [0.15, 0.2) is 5.78 Å². The quantitative estimate of drug-likeness (QED) is 0.618. The third-order valence-corrected chi connectivity index (χ3v) is 3.78. The molecule has 0 aromatic heterocycles. The minimum atomic E-state index is -0.363. The molecule has 1 fully saturated rings. The highest BCUT2D eigenvalue weighted by Crippen LogP contribution is 2.12. The molecule has 2 N–H and O–H groups in total. The molecule has 1 heterocycles. The first-order chi connectivity index (χ1) is 11.5. The fourth-order valence-electron chi connectivity index (χ4n) is 2.35. The summed E-state index contributed by atoms with van der Waals surface area (Å²) in [5.41, 5.74) is 1.45. The first-order valence-electron chi connectivity index (χ1n) is 7.96. The number of amides is 2. The van der Waals surface area contributed by atoms with E-state index in [0.29, 0.717) is 23.4 Å². The summed E-state index contributed by atoms with van der Waals surface area (Å²) in [7, 11) is 0. The molecule has 6 nitrogen and oxygen atoms in total. The van der Waals surface area contributed by atoms with Crippen molar-refractivity contribution in [3.8, 4) is 0 Å². The third kappa shape index (κ3) is 5.31. The largest absolute Gasteiger partial charge is 0.376 e. The molecule has 6 heteroatoms.